The van der Waals surface area contributed by atoms with Gasteiger partial charge in [0.2, 0.25) is 0 Å². The molecule has 0 bridgehead atoms. The average molecular weight is 761 g/mol. The highest BCUT2D eigenvalue weighted by Crippen LogP contribution is 2.49. The Morgan fingerprint density at radius 1 is 0.390 bits per heavy atom. The first-order chi connectivity index (χ1) is 28.7. The summed E-state index contributed by atoms with van der Waals surface area (Å²) in [5.74, 6) is 1.94. The molecule has 0 fully saturated rings. The Morgan fingerprint density at radius 3 is 1.71 bits per heavy atom. The lowest BCUT2D eigenvalue weighted by Gasteiger charge is -2.42. The number of aromatic nitrogens is 4. The van der Waals surface area contributed by atoms with Gasteiger partial charge in [-0.3, -0.25) is 0 Å². The Labute approximate surface area is 344 Å². The predicted molar refractivity (Wildman–Crippen MR) is 246 cm³/mol. The van der Waals surface area contributed by atoms with Crippen molar-refractivity contribution in [3.8, 4) is 51.0 Å². The van der Waals surface area contributed by atoms with E-state index in [1.165, 1.54) is 56.5 Å². The van der Waals surface area contributed by atoms with Crippen LogP contribution in [0.2, 0.25) is 0 Å². The lowest BCUT2D eigenvalue weighted by molar-refractivity contribution is 0.332. The second-order valence-electron chi connectivity index (χ2n) is 17.6. The molecule has 0 unspecified atom stereocenters. The molecule has 4 heteroatoms. The zero-order valence-corrected chi connectivity index (χ0v) is 33.9. The van der Waals surface area contributed by atoms with Gasteiger partial charge in [0, 0.05) is 33.2 Å². The summed E-state index contributed by atoms with van der Waals surface area (Å²) >= 11 is 0. The van der Waals surface area contributed by atoms with Crippen molar-refractivity contribution in [3.63, 3.8) is 0 Å². The number of rotatable bonds is 5. The highest BCUT2D eigenvalue weighted by atomic mass is 15.0. The van der Waals surface area contributed by atoms with Gasteiger partial charge in [-0.25, -0.2) is 15.0 Å². The minimum atomic E-state index is 0.0888. The van der Waals surface area contributed by atoms with Gasteiger partial charge in [0.05, 0.1) is 11.0 Å². The smallest absolute Gasteiger partial charge is 0.164 e. The molecule has 0 atom stereocenters. The minimum absolute atomic E-state index is 0.0888. The highest BCUT2D eigenvalue weighted by Gasteiger charge is 2.38. The third kappa shape index (κ3) is 5.93. The molecule has 0 radical (unpaired) electrons. The fourth-order valence-corrected chi connectivity index (χ4v) is 9.46. The Balaban J connectivity index is 1.10. The molecule has 8 aromatic carbocycles. The maximum Gasteiger partial charge on any atom is 0.164 e. The zero-order chi connectivity index (χ0) is 39.9. The molecule has 2 heterocycles. The van der Waals surface area contributed by atoms with Gasteiger partial charge >= 0.3 is 0 Å². The molecule has 11 rings (SSSR count). The summed E-state index contributed by atoms with van der Waals surface area (Å²) in [7, 11) is 0. The molecule has 0 amide bonds. The van der Waals surface area contributed by atoms with Crippen molar-refractivity contribution < 1.29 is 0 Å². The van der Waals surface area contributed by atoms with Crippen LogP contribution < -0.4 is 0 Å². The largest absolute Gasteiger partial charge is 0.309 e. The summed E-state index contributed by atoms with van der Waals surface area (Å²) < 4.78 is 2.50. The average Bonchev–Trinajstić information content (AvgIpc) is 3.62. The van der Waals surface area contributed by atoms with Gasteiger partial charge in [-0.2, -0.15) is 0 Å². The Kier molecular flexibility index (Phi) is 7.96. The van der Waals surface area contributed by atoms with E-state index >= 15 is 0 Å². The maximum atomic E-state index is 5.16. The summed E-state index contributed by atoms with van der Waals surface area (Å²) in [5, 5.41) is 7.48. The van der Waals surface area contributed by atoms with Gasteiger partial charge in [-0.05, 0) is 110 Å². The summed E-state index contributed by atoms with van der Waals surface area (Å²) in [5.41, 5.74) is 11.9. The van der Waals surface area contributed by atoms with E-state index in [0.717, 1.165) is 44.3 Å². The lowest BCUT2D eigenvalue weighted by Crippen LogP contribution is -2.33. The van der Waals surface area contributed by atoms with Crippen LogP contribution in [0.4, 0.5) is 0 Å². The molecule has 4 nitrogen and oxygen atoms in total. The summed E-state index contributed by atoms with van der Waals surface area (Å²) in [4.78, 5) is 15.3. The van der Waals surface area contributed by atoms with Crippen LogP contribution in [0, 0.1) is 0 Å². The molecule has 0 N–H and O–H groups in total. The van der Waals surface area contributed by atoms with E-state index in [1.807, 2.05) is 24.3 Å². The van der Waals surface area contributed by atoms with E-state index < -0.39 is 0 Å². The molecule has 0 spiro atoms. The Morgan fingerprint density at radius 2 is 0.966 bits per heavy atom. The summed E-state index contributed by atoms with van der Waals surface area (Å²) in [6.07, 6.45) is 2.35. The molecule has 2 aromatic heterocycles. The van der Waals surface area contributed by atoms with Crippen molar-refractivity contribution >= 4 is 43.4 Å². The molecule has 1 aliphatic rings. The number of hydrogen-bond acceptors (Lipinski definition) is 3. The van der Waals surface area contributed by atoms with E-state index in [4.69, 9.17) is 15.0 Å². The number of fused-ring (bicyclic) bond motifs is 7. The maximum absolute atomic E-state index is 5.16. The molecule has 1 aliphatic carbocycles. The highest BCUT2D eigenvalue weighted by molar-refractivity contribution is 6.21. The van der Waals surface area contributed by atoms with E-state index in [9.17, 15) is 0 Å². The summed E-state index contributed by atoms with van der Waals surface area (Å²) in [6, 6.07) is 61.0. The number of benzene rings is 8. The first-order valence-electron chi connectivity index (χ1n) is 20.7. The van der Waals surface area contributed by atoms with E-state index in [2.05, 4.69) is 178 Å². The fraction of sp³-hybridized carbons (Fsp3) is 0.145. The van der Waals surface area contributed by atoms with E-state index in [0.29, 0.717) is 17.5 Å². The van der Waals surface area contributed by atoms with Gasteiger partial charge in [-0.15, -0.1) is 0 Å². The van der Waals surface area contributed by atoms with Crippen molar-refractivity contribution in [2.75, 3.05) is 0 Å². The zero-order valence-electron chi connectivity index (χ0n) is 33.9. The summed E-state index contributed by atoms with van der Waals surface area (Å²) in [6.45, 7) is 9.68. The van der Waals surface area contributed by atoms with Crippen molar-refractivity contribution in [1.82, 2.24) is 19.5 Å². The van der Waals surface area contributed by atoms with Crippen LogP contribution in [0.15, 0.2) is 170 Å². The van der Waals surface area contributed by atoms with Crippen LogP contribution >= 0.6 is 0 Å². The number of hydrogen-bond donors (Lipinski definition) is 0. The monoisotopic (exact) mass is 760 g/mol. The van der Waals surface area contributed by atoms with Gasteiger partial charge in [-0.1, -0.05) is 155 Å². The van der Waals surface area contributed by atoms with Crippen LogP contribution in [0.25, 0.3) is 94.3 Å². The minimum Gasteiger partial charge on any atom is -0.309 e. The van der Waals surface area contributed by atoms with Crippen LogP contribution in [-0.4, -0.2) is 19.5 Å². The van der Waals surface area contributed by atoms with Crippen LogP contribution in [0.1, 0.15) is 51.7 Å². The molecule has 0 aliphatic heterocycles. The molecular weight excluding hydrogens is 717 g/mol. The van der Waals surface area contributed by atoms with Crippen LogP contribution in [0.5, 0.6) is 0 Å². The topological polar surface area (TPSA) is 43.6 Å². The van der Waals surface area contributed by atoms with E-state index in [-0.39, 0.29) is 10.8 Å². The fourth-order valence-electron chi connectivity index (χ4n) is 9.46. The van der Waals surface area contributed by atoms with Gasteiger partial charge in [0.1, 0.15) is 0 Å². The SMILES string of the molecule is CC1(C)CCC(C)(C)c2cc3c(cc21)c1c2ccccc2ccc1n3-c1ccc2ccc(-c3nc(-c4ccccc4)nc(-c4cccc(-c5ccccc5)c4)n3)cc2c1. The van der Waals surface area contributed by atoms with E-state index in [1.54, 1.807) is 0 Å². The Bertz CT molecular complexity index is 3270. The molecule has 0 saturated carbocycles. The standard InChI is InChI=1S/C55H44N4/c1-54(2)28-29-55(3,4)47-34-49-45(33-46(47)54)50-44-21-12-11-16-37(44)25-27-48(50)59(49)43-26-24-36-22-23-41(31-42(36)32-43)53-57-51(38-17-9-6-10-18-38)56-52(58-53)40-20-13-19-39(30-40)35-14-7-5-8-15-35/h5-27,30-34H,28-29H2,1-4H3. The van der Waals surface area contributed by atoms with Crippen molar-refractivity contribution in [1.29, 1.82) is 0 Å². The van der Waals surface area contributed by atoms with Gasteiger partial charge in [0.15, 0.2) is 17.5 Å². The van der Waals surface area contributed by atoms with Gasteiger partial charge in [0.25, 0.3) is 0 Å². The van der Waals surface area contributed by atoms with Crippen molar-refractivity contribution in [3.05, 3.63) is 181 Å². The third-order valence-electron chi connectivity index (χ3n) is 12.9. The molecule has 0 saturated heterocycles. The Hall–Kier alpha value is -6.91. The van der Waals surface area contributed by atoms with Crippen molar-refractivity contribution in [2.45, 2.75) is 51.4 Å². The first kappa shape index (κ1) is 35.3. The van der Waals surface area contributed by atoms with Crippen LogP contribution in [0.3, 0.4) is 0 Å². The molecular formula is C55H44N4. The molecule has 284 valence electrons. The molecule has 59 heavy (non-hydrogen) atoms. The lowest BCUT2D eigenvalue weighted by atomic mass is 9.63. The normalized spacial score (nSPS) is 14.6. The number of nitrogens with zero attached hydrogens (tertiary/aromatic N) is 4. The third-order valence-corrected chi connectivity index (χ3v) is 12.9. The first-order valence-corrected chi connectivity index (χ1v) is 20.7. The second-order valence-corrected chi connectivity index (χ2v) is 17.6. The predicted octanol–water partition coefficient (Wildman–Crippen LogP) is 14.3. The van der Waals surface area contributed by atoms with Crippen molar-refractivity contribution in [2.24, 2.45) is 0 Å². The second kappa shape index (κ2) is 13.3. The quantitative estimate of drug-likeness (QED) is 0.175. The van der Waals surface area contributed by atoms with Gasteiger partial charge < -0.3 is 4.57 Å². The van der Waals surface area contributed by atoms with Crippen LogP contribution in [-0.2, 0) is 10.8 Å². The molecule has 10 aromatic rings.